The van der Waals surface area contributed by atoms with Gasteiger partial charge in [0, 0.05) is 24.8 Å². The normalized spacial score (nSPS) is 18.5. The predicted molar refractivity (Wildman–Crippen MR) is 89.7 cm³/mol. The molecule has 0 saturated carbocycles. The molecule has 1 amide bonds. The van der Waals surface area contributed by atoms with E-state index in [0.717, 1.165) is 25.0 Å². The fourth-order valence-electron chi connectivity index (χ4n) is 2.56. The van der Waals surface area contributed by atoms with Gasteiger partial charge < -0.3 is 19.2 Å². The van der Waals surface area contributed by atoms with Crippen molar-refractivity contribution in [1.82, 2.24) is 4.98 Å². The zero-order valence-corrected chi connectivity index (χ0v) is 14.0. The van der Waals surface area contributed by atoms with Crippen molar-refractivity contribution >= 4 is 11.6 Å². The molecule has 1 N–H and O–H groups in total. The molecule has 0 spiro atoms. The first-order valence-electron chi connectivity index (χ1n) is 8.19. The number of oxazole rings is 1. The van der Waals surface area contributed by atoms with Gasteiger partial charge >= 0.3 is 0 Å². The summed E-state index contributed by atoms with van der Waals surface area (Å²) in [6.07, 6.45) is 3.34. The molecule has 0 aliphatic carbocycles. The highest BCUT2D eigenvalue weighted by molar-refractivity contribution is 5.94. The highest BCUT2D eigenvalue weighted by atomic mass is 16.5. The standard InChI is InChI=1S/C18H22N2O4/c1-12(23-11-16-4-3-9-22-16)18(21)20-15-7-5-14(6-8-15)17-10-19-13(2)24-17/h5-8,10,12,16H,3-4,9,11H2,1-2H3,(H,20,21)/t12-,16+/m1/s1. The van der Waals surface area contributed by atoms with Crippen LogP contribution < -0.4 is 5.32 Å². The molecule has 1 aliphatic rings. The first-order chi connectivity index (χ1) is 11.6. The Morgan fingerprint density at radius 1 is 1.42 bits per heavy atom. The molecule has 0 bridgehead atoms. The molecule has 6 nitrogen and oxygen atoms in total. The van der Waals surface area contributed by atoms with Crippen molar-refractivity contribution in [2.45, 2.75) is 38.9 Å². The highest BCUT2D eigenvalue weighted by Crippen LogP contribution is 2.22. The summed E-state index contributed by atoms with van der Waals surface area (Å²) in [4.78, 5) is 16.2. The van der Waals surface area contributed by atoms with Crippen LogP contribution in [0.3, 0.4) is 0 Å². The number of anilines is 1. The van der Waals surface area contributed by atoms with Gasteiger partial charge in [-0.15, -0.1) is 0 Å². The van der Waals surface area contributed by atoms with Crippen LogP contribution >= 0.6 is 0 Å². The average Bonchev–Trinajstić information content (AvgIpc) is 3.25. The third kappa shape index (κ3) is 4.21. The number of carbonyl (C=O) groups is 1. The number of aryl methyl sites for hydroxylation is 1. The third-order valence-corrected chi connectivity index (χ3v) is 3.98. The van der Waals surface area contributed by atoms with Crippen LogP contribution in [0.5, 0.6) is 0 Å². The molecule has 1 aliphatic heterocycles. The average molecular weight is 330 g/mol. The number of aromatic nitrogens is 1. The highest BCUT2D eigenvalue weighted by Gasteiger charge is 2.20. The first kappa shape index (κ1) is 16.7. The van der Waals surface area contributed by atoms with Crippen molar-refractivity contribution in [3.8, 4) is 11.3 Å². The second kappa shape index (κ2) is 7.59. The van der Waals surface area contributed by atoms with Crippen LogP contribution in [0.25, 0.3) is 11.3 Å². The molecule has 1 saturated heterocycles. The molecule has 6 heteroatoms. The van der Waals surface area contributed by atoms with Gasteiger partial charge in [0.2, 0.25) is 0 Å². The Morgan fingerprint density at radius 3 is 2.83 bits per heavy atom. The topological polar surface area (TPSA) is 73.6 Å². The van der Waals surface area contributed by atoms with Gasteiger partial charge in [0.25, 0.3) is 5.91 Å². The van der Waals surface area contributed by atoms with Crippen molar-refractivity contribution in [2.75, 3.05) is 18.5 Å². The van der Waals surface area contributed by atoms with Gasteiger partial charge in [0.1, 0.15) is 6.10 Å². The van der Waals surface area contributed by atoms with Gasteiger partial charge in [-0.3, -0.25) is 4.79 Å². The maximum absolute atomic E-state index is 12.2. The van der Waals surface area contributed by atoms with E-state index in [9.17, 15) is 4.79 Å². The number of amides is 1. The maximum Gasteiger partial charge on any atom is 0.253 e. The van der Waals surface area contributed by atoms with Crippen LogP contribution in [0.1, 0.15) is 25.7 Å². The van der Waals surface area contributed by atoms with E-state index in [1.54, 1.807) is 20.0 Å². The largest absolute Gasteiger partial charge is 0.441 e. The molecule has 0 radical (unpaired) electrons. The summed E-state index contributed by atoms with van der Waals surface area (Å²) in [5.74, 6) is 1.16. The zero-order chi connectivity index (χ0) is 16.9. The summed E-state index contributed by atoms with van der Waals surface area (Å²) >= 11 is 0. The molecular weight excluding hydrogens is 308 g/mol. The summed E-state index contributed by atoms with van der Waals surface area (Å²) < 4.78 is 16.6. The Kier molecular flexibility index (Phi) is 5.27. The number of hydrogen-bond acceptors (Lipinski definition) is 5. The Hall–Kier alpha value is -2.18. The Labute approximate surface area is 141 Å². The van der Waals surface area contributed by atoms with Gasteiger partial charge in [0.05, 0.1) is 18.9 Å². The van der Waals surface area contributed by atoms with E-state index < -0.39 is 6.10 Å². The van der Waals surface area contributed by atoms with Gasteiger partial charge in [0.15, 0.2) is 11.7 Å². The SMILES string of the molecule is Cc1ncc(-c2ccc(NC(=O)[C@@H](C)OC[C@@H]3CCCO3)cc2)o1. The molecule has 24 heavy (non-hydrogen) atoms. The van der Waals surface area contributed by atoms with Crippen molar-refractivity contribution in [3.63, 3.8) is 0 Å². The van der Waals surface area contributed by atoms with Gasteiger partial charge in [-0.1, -0.05) is 0 Å². The fraction of sp³-hybridized carbons (Fsp3) is 0.444. The molecule has 2 aromatic rings. The van der Waals surface area contributed by atoms with Crippen LogP contribution in [0.4, 0.5) is 5.69 Å². The second-order valence-corrected chi connectivity index (χ2v) is 5.92. The number of carbonyl (C=O) groups excluding carboxylic acids is 1. The van der Waals surface area contributed by atoms with Gasteiger partial charge in [-0.2, -0.15) is 0 Å². The molecule has 2 heterocycles. The van der Waals surface area contributed by atoms with Crippen molar-refractivity contribution in [1.29, 1.82) is 0 Å². The lowest BCUT2D eigenvalue weighted by Crippen LogP contribution is -2.30. The van der Waals surface area contributed by atoms with Gasteiger partial charge in [-0.05, 0) is 44.0 Å². The lowest BCUT2D eigenvalue weighted by molar-refractivity contribution is -0.128. The third-order valence-electron chi connectivity index (χ3n) is 3.98. The number of rotatable bonds is 6. The molecular formula is C18H22N2O4. The quantitative estimate of drug-likeness (QED) is 0.880. The summed E-state index contributed by atoms with van der Waals surface area (Å²) in [6, 6.07) is 7.43. The van der Waals surface area contributed by atoms with Crippen molar-refractivity contribution < 1.29 is 18.7 Å². The molecule has 1 fully saturated rings. The summed E-state index contributed by atoms with van der Waals surface area (Å²) in [5.41, 5.74) is 1.63. The zero-order valence-electron chi connectivity index (χ0n) is 14.0. The second-order valence-electron chi connectivity index (χ2n) is 5.92. The van der Waals surface area contributed by atoms with Crippen LogP contribution in [-0.2, 0) is 14.3 Å². The van der Waals surface area contributed by atoms with E-state index >= 15 is 0 Å². The maximum atomic E-state index is 12.2. The van der Waals surface area contributed by atoms with E-state index in [2.05, 4.69) is 10.3 Å². The minimum Gasteiger partial charge on any atom is -0.441 e. The molecule has 128 valence electrons. The first-order valence-corrected chi connectivity index (χ1v) is 8.19. The van der Waals surface area contributed by atoms with E-state index in [-0.39, 0.29) is 12.0 Å². The number of ether oxygens (including phenoxy) is 2. The van der Waals surface area contributed by atoms with Crippen LogP contribution in [0.15, 0.2) is 34.9 Å². The van der Waals surface area contributed by atoms with Crippen LogP contribution in [0.2, 0.25) is 0 Å². The number of nitrogens with one attached hydrogen (secondary N) is 1. The lowest BCUT2D eigenvalue weighted by atomic mass is 10.1. The van der Waals surface area contributed by atoms with E-state index in [1.807, 2.05) is 24.3 Å². The van der Waals surface area contributed by atoms with Crippen LogP contribution in [-0.4, -0.2) is 36.3 Å². The summed E-state index contributed by atoms with van der Waals surface area (Å²) in [5, 5.41) is 2.85. The minimum atomic E-state index is -0.522. The number of benzene rings is 1. The van der Waals surface area contributed by atoms with Gasteiger partial charge in [-0.25, -0.2) is 4.98 Å². The Morgan fingerprint density at radius 2 is 2.21 bits per heavy atom. The molecule has 0 unspecified atom stereocenters. The van der Waals surface area contributed by atoms with E-state index in [1.165, 1.54) is 0 Å². The van der Waals surface area contributed by atoms with Crippen molar-refractivity contribution in [3.05, 3.63) is 36.4 Å². The summed E-state index contributed by atoms with van der Waals surface area (Å²) in [7, 11) is 0. The Balaban J connectivity index is 1.52. The Bertz CT molecular complexity index is 675. The fourth-order valence-corrected chi connectivity index (χ4v) is 2.56. The minimum absolute atomic E-state index is 0.116. The molecule has 1 aromatic heterocycles. The summed E-state index contributed by atoms with van der Waals surface area (Å²) in [6.45, 7) is 4.79. The molecule has 2 atom stereocenters. The smallest absolute Gasteiger partial charge is 0.253 e. The molecule has 3 rings (SSSR count). The lowest BCUT2D eigenvalue weighted by Gasteiger charge is -2.16. The number of hydrogen-bond donors (Lipinski definition) is 1. The van der Waals surface area contributed by atoms with E-state index in [0.29, 0.717) is 23.9 Å². The molecule has 1 aromatic carbocycles. The van der Waals surface area contributed by atoms with Crippen molar-refractivity contribution in [2.24, 2.45) is 0 Å². The number of nitrogens with zero attached hydrogens (tertiary/aromatic N) is 1. The monoisotopic (exact) mass is 330 g/mol. The predicted octanol–water partition coefficient (Wildman–Crippen LogP) is 3.17. The van der Waals surface area contributed by atoms with E-state index in [4.69, 9.17) is 13.9 Å². The van der Waals surface area contributed by atoms with Crippen LogP contribution in [0, 0.1) is 6.92 Å².